The van der Waals surface area contributed by atoms with Crippen LogP contribution >= 0.6 is 0 Å². The molecule has 0 radical (unpaired) electrons. The third-order valence-corrected chi connectivity index (χ3v) is 6.06. The molecule has 28 heavy (non-hydrogen) atoms. The summed E-state index contributed by atoms with van der Waals surface area (Å²) in [6.45, 7) is 3.49. The van der Waals surface area contributed by atoms with Gasteiger partial charge in [0.2, 0.25) is 0 Å². The summed E-state index contributed by atoms with van der Waals surface area (Å²) in [5.74, 6) is 0.956. The Labute approximate surface area is 165 Å². The van der Waals surface area contributed by atoms with Crippen molar-refractivity contribution in [3.63, 3.8) is 0 Å². The minimum atomic E-state index is -0.358. The average Bonchev–Trinajstić information content (AvgIpc) is 2.73. The predicted octanol–water partition coefficient (Wildman–Crippen LogP) is 3.96. The zero-order chi connectivity index (χ0) is 19.5. The number of nitrogens with zero attached hydrogens (tertiary/aromatic N) is 2. The van der Waals surface area contributed by atoms with Crippen molar-refractivity contribution in [3.05, 3.63) is 65.5 Å². The lowest BCUT2D eigenvalue weighted by atomic mass is 9.83. The number of carbonyl (C=O) groups is 1. The molecule has 2 aromatic carbocycles. The first kappa shape index (κ1) is 18.9. The summed E-state index contributed by atoms with van der Waals surface area (Å²) in [5, 5.41) is 0. The standard InChI is InChI=1S/C23H27FN2O2/c1-28-21-9-2-5-17(13-21)15-25-11-4-7-19-16-26(12-10-22(19)25)23(27)18-6-3-8-20(24)14-18/h2-3,5-6,8-9,13-14,19,22H,4,7,10-12,15-16H2,1H3/t19-,22+/m1/s1. The molecule has 2 atom stereocenters. The molecule has 5 heteroatoms. The topological polar surface area (TPSA) is 32.8 Å². The summed E-state index contributed by atoms with van der Waals surface area (Å²) in [5.41, 5.74) is 1.71. The quantitative estimate of drug-likeness (QED) is 0.802. The molecule has 2 aliphatic heterocycles. The van der Waals surface area contributed by atoms with E-state index < -0.39 is 0 Å². The third kappa shape index (κ3) is 4.04. The maximum Gasteiger partial charge on any atom is 0.253 e. The number of methoxy groups -OCH3 is 1. The number of carbonyl (C=O) groups excluding carboxylic acids is 1. The van der Waals surface area contributed by atoms with Crippen LogP contribution in [0.15, 0.2) is 48.5 Å². The molecule has 1 amide bonds. The maximum absolute atomic E-state index is 13.5. The van der Waals surface area contributed by atoms with Crippen molar-refractivity contribution in [1.29, 1.82) is 0 Å². The third-order valence-electron chi connectivity index (χ3n) is 6.06. The van der Waals surface area contributed by atoms with Crippen molar-refractivity contribution in [3.8, 4) is 5.75 Å². The zero-order valence-corrected chi connectivity index (χ0v) is 16.3. The Morgan fingerprint density at radius 1 is 1.14 bits per heavy atom. The number of amides is 1. The van der Waals surface area contributed by atoms with E-state index in [2.05, 4.69) is 17.0 Å². The van der Waals surface area contributed by atoms with E-state index in [0.29, 0.717) is 17.5 Å². The first-order valence-corrected chi connectivity index (χ1v) is 10.1. The second kappa shape index (κ2) is 8.31. The van der Waals surface area contributed by atoms with E-state index in [-0.39, 0.29) is 11.7 Å². The van der Waals surface area contributed by atoms with E-state index in [4.69, 9.17) is 4.74 Å². The molecular formula is C23H27FN2O2. The molecule has 2 heterocycles. The number of rotatable bonds is 4. The van der Waals surface area contributed by atoms with Gasteiger partial charge in [0.05, 0.1) is 7.11 Å². The van der Waals surface area contributed by atoms with Crippen molar-refractivity contribution in [1.82, 2.24) is 9.80 Å². The first-order valence-electron chi connectivity index (χ1n) is 10.1. The largest absolute Gasteiger partial charge is 0.497 e. The Kier molecular flexibility index (Phi) is 5.62. The molecule has 2 saturated heterocycles. The molecule has 148 valence electrons. The van der Waals surface area contributed by atoms with E-state index in [1.165, 1.54) is 17.7 Å². The summed E-state index contributed by atoms with van der Waals surface area (Å²) in [6, 6.07) is 14.8. The van der Waals surface area contributed by atoms with Crippen molar-refractivity contribution in [2.45, 2.75) is 31.8 Å². The van der Waals surface area contributed by atoms with Gasteiger partial charge in [-0.1, -0.05) is 18.2 Å². The highest BCUT2D eigenvalue weighted by atomic mass is 19.1. The van der Waals surface area contributed by atoms with Gasteiger partial charge in [0, 0.05) is 31.2 Å². The summed E-state index contributed by atoms with van der Waals surface area (Å²) >= 11 is 0. The summed E-state index contributed by atoms with van der Waals surface area (Å²) in [4.78, 5) is 17.3. The van der Waals surface area contributed by atoms with Crippen molar-refractivity contribution in [2.75, 3.05) is 26.7 Å². The van der Waals surface area contributed by atoms with Crippen LogP contribution in [0, 0.1) is 11.7 Å². The number of hydrogen-bond acceptors (Lipinski definition) is 3. The Hall–Kier alpha value is -2.40. The zero-order valence-electron chi connectivity index (χ0n) is 16.3. The molecule has 4 rings (SSSR count). The van der Waals surface area contributed by atoms with Crippen LogP contribution in [-0.4, -0.2) is 48.5 Å². The van der Waals surface area contributed by atoms with Crippen LogP contribution < -0.4 is 4.74 Å². The summed E-state index contributed by atoms with van der Waals surface area (Å²) in [7, 11) is 1.70. The van der Waals surface area contributed by atoms with Gasteiger partial charge in [0.15, 0.2) is 0 Å². The lowest BCUT2D eigenvalue weighted by Gasteiger charge is -2.47. The molecule has 2 aliphatic rings. The van der Waals surface area contributed by atoms with E-state index >= 15 is 0 Å². The number of benzene rings is 2. The van der Waals surface area contributed by atoms with Gasteiger partial charge in [0.25, 0.3) is 5.91 Å². The van der Waals surface area contributed by atoms with E-state index in [1.54, 1.807) is 19.2 Å². The van der Waals surface area contributed by atoms with E-state index in [1.807, 2.05) is 17.0 Å². The van der Waals surface area contributed by atoms with Gasteiger partial charge in [-0.25, -0.2) is 4.39 Å². The maximum atomic E-state index is 13.5. The molecular weight excluding hydrogens is 355 g/mol. The smallest absolute Gasteiger partial charge is 0.253 e. The van der Waals surface area contributed by atoms with Crippen LogP contribution in [0.2, 0.25) is 0 Å². The predicted molar refractivity (Wildman–Crippen MR) is 107 cm³/mol. The molecule has 4 nitrogen and oxygen atoms in total. The van der Waals surface area contributed by atoms with E-state index in [9.17, 15) is 9.18 Å². The summed E-state index contributed by atoms with van der Waals surface area (Å²) < 4.78 is 18.8. The minimum Gasteiger partial charge on any atom is -0.497 e. The second-order valence-corrected chi connectivity index (χ2v) is 7.84. The fourth-order valence-electron chi connectivity index (χ4n) is 4.70. The Morgan fingerprint density at radius 2 is 2.00 bits per heavy atom. The van der Waals surface area contributed by atoms with Gasteiger partial charge < -0.3 is 9.64 Å². The highest BCUT2D eigenvalue weighted by Crippen LogP contribution is 2.32. The molecule has 2 aromatic rings. The molecule has 0 unspecified atom stereocenters. The van der Waals surface area contributed by atoms with Gasteiger partial charge in [0.1, 0.15) is 11.6 Å². The number of likely N-dealkylation sites (tertiary alicyclic amines) is 2. The van der Waals surface area contributed by atoms with Crippen molar-refractivity contribution >= 4 is 5.91 Å². The van der Waals surface area contributed by atoms with Crippen molar-refractivity contribution in [2.24, 2.45) is 5.92 Å². The van der Waals surface area contributed by atoms with Gasteiger partial charge in [-0.05, 0) is 67.6 Å². The highest BCUT2D eigenvalue weighted by Gasteiger charge is 2.37. The Morgan fingerprint density at radius 3 is 2.82 bits per heavy atom. The number of piperidine rings is 2. The normalized spacial score (nSPS) is 22.6. The van der Waals surface area contributed by atoms with Crippen LogP contribution in [-0.2, 0) is 6.54 Å². The lowest BCUT2D eigenvalue weighted by Crippen LogP contribution is -2.54. The van der Waals surface area contributed by atoms with Crippen LogP contribution in [0.25, 0.3) is 0 Å². The highest BCUT2D eigenvalue weighted by molar-refractivity contribution is 5.94. The number of fused-ring (bicyclic) bond motifs is 1. The average molecular weight is 382 g/mol. The van der Waals surface area contributed by atoms with Gasteiger partial charge >= 0.3 is 0 Å². The monoisotopic (exact) mass is 382 g/mol. The first-order chi connectivity index (χ1) is 13.6. The van der Waals surface area contributed by atoms with Gasteiger partial charge in [-0.3, -0.25) is 9.69 Å². The lowest BCUT2D eigenvalue weighted by molar-refractivity contribution is 0.0174. The molecule has 0 N–H and O–H groups in total. The van der Waals surface area contributed by atoms with Gasteiger partial charge in [-0.2, -0.15) is 0 Å². The van der Waals surface area contributed by atoms with Crippen molar-refractivity contribution < 1.29 is 13.9 Å². The van der Waals surface area contributed by atoms with Crippen LogP contribution in [0.3, 0.4) is 0 Å². The molecule has 0 saturated carbocycles. The second-order valence-electron chi connectivity index (χ2n) is 7.84. The minimum absolute atomic E-state index is 0.0529. The SMILES string of the molecule is COc1cccc(CN2CCC[C@@H]3CN(C(=O)c4cccc(F)c4)CC[C@@H]32)c1. The van der Waals surface area contributed by atoms with Crippen LogP contribution in [0.5, 0.6) is 5.75 Å². The summed E-state index contributed by atoms with van der Waals surface area (Å²) in [6.07, 6.45) is 3.26. The fourth-order valence-corrected chi connectivity index (χ4v) is 4.70. The molecule has 0 aliphatic carbocycles. The molecule has 0 spiro atoms. The number of hydrogen-bond donors (Lipinski definition) is 0. The molecule has 0 aromatic heterocycles. The number of halogens is 1. The van der Waals surface area contributed by atoms with E-state index in [0.717, 1.165) is 51.2 Å². The molecule has 0 bridgehead atoms. The van der Waals surface area contributed by atoms with Crippen LogP contribution in [0.1, 0.15) is 35.2 Å². The Bertz CT molecular complexity index is 841. The number of ether oxygens (including phenoxy) is 1. The Balaban J connectivity index is 1.43. The van der Waals surface area contributed by atoms with Crippen LogP contribution in [0.4, 0.5) is 4.39 Å². The van der Waals surface area contributed by atoms with Gasteiger partial charge in [-0.15, -0.1) is 0 Å². The molecule has 2 fully saturated rings. The fraction of sp³-hybridized carbons (Fsp3) is 0.435.